The van der Waals surface area contributed by atoms with Crippen LogP contribution in [-0.2, 0) is 16.0 Å². The van der Waals surface area contributed by atoms with Gasteiger partial charge in [0, 0.05) is 4.90 Å². The van der Waals surface area contributed by atoms with Crippen molar-refractivity contribution in [3.63, 3.8) is 0 Å². The van der Waals surface area contributed by atoms with E-state index in [9.17, 15) is 9.59 Å². The van der Waals surface area contributed by atoms with Gasteiger partial charge in [0.05, 0.1) is 28.8 Å². The standard InChI is InChI=1S/C19H18N2O3S2/c1-3-24-18(23)13-6-9-15-16(11-13)26-19(20-15)21-17(22)10-12-4-7-14(25-2)8-5-12/h4-9,11H,3,10H2,1-2H3,(H,20,21,22). The number of anilines is 1. The first kappa shape index (κ1) is 18.4. The monoisotopic (exact) mass is 386 g/mol. The average Bonchev–Trinajstić information content (AvgIpc) is 3.03. The molecule has 0 saturated heterocycles. The van der Waals surface area contributed by atoms with Crippen molar-refractivity contribution >= 4 is 50.3 Å². The van der Waals surface area contributed by atoms with Crippen molar-refractivity contribution in [3.05, 3.63) is 53.6 Å². The molecule has 1 heterocycles. The van der Waals surface area contributed by atoms with Gasteiger partial charge in [-0.3, -0.25) is 4.79 Å². The number of thiazole rings is 1. The number of ether oxygens (including phenoxy) is 1. The number of rotatable bonds is 6. The number of nitrogens with zero attached hydrogens (tertiary/aromatic N) is 1. The lowest BCUT2D eigenvalue weighted by atomic mass is 10.1. The maximum absolute atomic E-state index is 12.2. The van der Waals surface area contributed by atoms with Crippen molar-refractivity contribution in [2.75, 3.05) is 18.2 Å². The van der Waals surface area contributed by atoms with Crippen LogP contribution in [0.3, 0.4) is 0 Å². The van der Waals surface area contributed by atoms with Gasteiger partial charge in [0.2, 0.25) is 5.91 Å². The summed E-state index contributed by atoms with van der Waals surface area (Å²) in [5, 5.41) is 3.35. The van der Waals surface area contributed by atoms with Crippen LogP contribution in [0.1, 0.15) is 22.8 Å². The van der Waals surface area contributed by atoms with E-state index in [-0.39, 0.29) is 11.9 Å². The van der Waals surface area contributed by atoms with Crippen LogP contribution in [0.2, 0.25) is 0 Å². The Labute approximate surface area is 159 Å². The second-order valence-corrected chi connectivity index (χ2v) is 7.41. The number of nitrogens with one attached hydrogen (secondary N) is 1. The highest BCUT2D eigenvalue weighted by molar-refractivity contribution is 7.98. The summed E-state index contributed by atoms with van der Waals surface area (Å²) in [4.78, 5) is 29.6. The maximum atomic E-state index is 12.2. The molecule has 0 aliphatic rings. The normalized spacial score (nSPS) is 10.7. The Morgan fingerprint density at radius 2 is 1.96 bits per heavy atom. The highest BCUT2D eigenvalue weighted by Crippen LogP contribution is 2.27. The van der Waals surface area contributed by atoms with E-state index in [0.29, 0.717) is 23.7 Å². The van der Waals surface area contributed by atoms with Gasteiger partial charge < -0.3 is 10.1 Å². The summed E-state index contributed by atoms with van der Waals surface area (Å²) in [6, 6.07) is 13.1. The third-order valence-electron chi connectivity index (χ3n) is 3.67. The molecule has 1 aromatic heterocycles. The van der Waals surface area contributed by atoms with Crippen molar-refractivity contribution in [1.82, 2.24) is 4.98 Å². The Kier molecular flexibility index (Phi) is 5.90. The quantitative estimate of drug-likeness (QED) is 0.503. The molecule has 0 aliphatic heterocycles. The van der Waals surface area contributed by atoms with Gasteiger partial charge in [-0.15, -0.1) is 11.8 Å². The Morgan fingerprint density at radius 3 is 2.65 bits per heavy atom. The van der Waals surface area contributed by atoms with Gasteiger partial charge in [0.15, 0.2) is 5.13 Å². The first-order valence-corrected chi connectivity index (χ1v) is 10.1. The fourth-order valence-corrected chi connectivity index (χ4v) is 3.74. The molecular formula is C19H18N2O3S2. The minimum atomic E-state index is -0.359. The molecule has 0 fully saturated rings. The summed E-state index contributed by atoms with van der Waals surface area (Å²) in [7, 11) is 0. The number of benzene rings is 2. The minimum Gasteiger partial charge on any atom is -0.462 e. The molecule has 0 spiro atoms. The number of carbonyl (C=O) groups is 2. The fraction of sp³-hybridized carbons (Fsp3) is 0.211. The highest BCUT2D eigenvalue weighted by atomic mass is 32.2. The van der Waals surface area contributed by atoms with Crippen molar-refractivity contribution in [2.24, 2.45) is 0 Å². The van der Waals surface area contributed by atoms with Crippen LogP contribution in [-0.4, -0.2) is 29.7 Å². The van der Waals surface area contributed by atoms with Crippen LogP contribution in [0.25, 0.3) is 10.2 Å². The Balaban J connectivity index is 1.69. The van der Waals surface area contributed by atoms with Crippen LogP contribution >= 0.6 is 23.1 Å². The van der Waals surface area contributed by atoms with Gasteiger partial charge in [-0.25, -0.2) is 9.78 Å². The SMILES string of the molecule is CCOC(=O)c1ccc2nc(NC(=O)Cc3ccc(SC)cc3)sc2c1. The number of hydrogen-bond donors (Lipinski definition) is 1. The summed E-state index contributed by atoms with van der Waals surface area (Å²) < 4.78 is 5.83. The molecule has 0 aliphatic carbocycles. The molecule has 3 aromatic rings. The van der Waals surface area contributed by atoms with Gasteiger partial charge in [-0.1, -0.05) is 23.5 Å². The van der Waals surface area contributed by atoms with E-state index < -0.39 is 0 Å². The number of amides is 1. The third kappa shape index (κ3) is 4.42. The summed E-state index contributed by atoms with van der Waals surface area (Å²) in [5.41, 5.74) is 2.17. The van der Waals surface area contributed by atoms with Crippen LogP contribution in [0.15, 0.2) is 47.4 Å². The van der Waals surface area contributed by atoms with E-state index in [1.165, 1.54) is 11.3 Å². The second-order valence-electron chi connectivity index (χ2n) is 5.50. The molecule has 0 unspecified atom stereocenters. The topological polar surface area (TPSA) is 68.3 Å². The van der Waals surface area contributed by atoms with Crippen LogP contribution in [0.5, 0.6) is 0 Å². The number of fused-ring (bicyclic) bond motifs is 1. The van der Waals surface area contributed by atoms with E-state index in [4.69, 9.17) is 4.74 Å². The maximum Gasteiger partial charge on any atom is 0.338 e. The second kappa shape index (κ2) is 8.33. The Hall–Kier alpha value is -2.38. The molecule has 0 bridgehead atoms. The molecule has 0 radical (unpaired) electrons. The highest BCUT2D eigenvalue weighted by Gasteiger charge is 2.12. The average molecular weight is 386 g/mol. The Morgan fingerprint density at radius 1 is 1.19 bits per heavy atom. The lowest BCUT2D eigenvalue weighted by Gasteiger charge is -2.03. The van der Waals surface area contributed by atoms with Crippen LogP contribution < -0.4 is 5.32 Å². The van der Waals surface area contributed by atoms with Crippen molar-refractivity contribution in [1.29, 1.82) is 0 Å². The first-order chi connectivity index (χ1) is 12.6. The zero-order chi connectivity index (χ0) is 18.5. The summed E-state index contributed by atoms with van der Waals surface area (Å²) in [6.07, 6.45) is 2.31. The van der Waals surface area contributed by atoms with Gasteiger partial charge in [0.1, 0.15) is 0 Å². The van der Waals surface area contributed by atoms with Crippen molar-refractivity contribution in [3.8, 4) is 0 Å². The van der Waals surface area contributed by atoms with Gasteiger partial charge in [-0.05, 0) is 49.1 Å². The molecule has 1 N–H and O–H groups in total. The molecule has 1 amide bonds. The number of thioether (sulfide) groups is 1. The lowest BCUT2D eigenvalue weighted by molar-refractivity contribution is -0.115. The van der Waals surface area contributed by atoms with E-state index in [2.05, 4.69) is 10.3 Å². The summed E-state index contributed by atoms with van der Waals surface area (Å²) in [5.74, 6) is -0.478. The van der Waals surface area contributed by atoms with Crippen molar-refractivity contribution in [2.45, 2.75) is 18.2 Å². The smallest absolute Gasteiger partial charge is 0.338 e. The molecule has 3 rings (SSSR count). The predicted octanol–water partition coefficient (Wildman–Crippen LogP) is 4.38. The zero-order valence-corrected chi connectivity index (χ0v) is 16.1. The molecule has 2 aromatic carbocycles. The van der Waals surface area contributed by atoms with E-state index in [1.54, 1.807) is 36.9 Å². The number of esters is 1. The fourth-order valence-electron chi connectivity index (χ4n) is 2.41. The van der Waals surface area contributed by atoms with Crippen LogP contribution in [0.4, 0.5) is 5.13 Å². The Bertz CT molecular complexity index is 936. The van der Waals surface area contributed by atoms with Crippen LogP contribution in [0, 0.1) is 0 Å². The van der Waals surface area contributed by atoms with Crippen molar-refractivity contribution < 1.29 is 14.3 Å². The number of aromatic nitrogens is 1. The molecule has 0 atom stereocenters. The minimum absolute atomic E-state index is 0.119. The van der Waals surface area contributed by atoms with E-state index in [1.807, 2.05) is 30.5 Å². The van der Waals surface area contributed by atoms with E-state index in [0.717, 1.165) is 20.7 Å². The molecule has 5 nitrogen and oxygen atoms in total. The molecule has 0 saturated carbocycles. The first-order valence-electron chi connectivity index (χ1n) is 8.09. The predicted molar refractivity (Wildman–Crippen MR) is 106 cm³/mol. The van der Waals surface area contributed by atoms with Gasteiger partial charge in [-0.2, -0.15) is 0 Å². The zero-order valence-electron chi connectivity index (χ0n) is 14.4. The molecule has 7 heteroatoms. The lowest BCUT2D eigenvalue weighted by Crippen LogP contribution is -2.14. The van der Waals surface area contributed by atoms with E-state index >= 15 is 0 Å². The molecule has 134 valence electrons. The molecule has 26 heavy (non-hydrogen) atoms. The number of hydrogen-bond acceptors (Lipinski definition) is 6. The summed E-state index contributed by atoms with van der Waals surface area (Å²) >= 11 is 3.00. The molecular weight excluding hydrogens is 368 g/mol. The summed E-state index contributed by atoms with van der Waals surface area (Å²) in [6.45, 7) is 2.10. The van der Waals surface area contributed by atoms with Gasteiger partial charge in [0.25, 0.3) is 0 Å². The van der Waals surface area contributed by atoms with Gasteiger partial charge >= 0.3 is 5.97 Å². The largest absolute Gasteiger partial charge is 0.462 e. The third-order valence-corrected chi connectivity index (χ3v) is 5.35. The number of carbonyl (C=O) groups excluding carboxylic acids is 2.